The van der Waals surface area contributed by atoms with Crippen molar-refractivity contribution in [1.29, 1.82) is 0 Å². The van der Waals surface area contributed by atoms with Gasteiger partial charge in [0.05, 0.1) is 10.5 Å². The van der Waals surface area contributed by atoms with Crippen LogP contribution in [0.25, 0.3) is 0 Å². The Morgan fingerprint density at radius 2 is 1.86 bits per heavy atom. The lowest BCUT2D eigenvalue weighted by Gasteiger charge is -2.55. The second kappa shape index (κ2) is 10.3. The minimum Gasteiger partial charge on any atom is -0.543 e. The lowest BCUT2D eigenvalue weighted by atomic mass is 9.48. The maximum Gasteiger partial charge on any atom is 0.338 e. The van der Waals surface area contributed by atoms with Crippen molar-refractivity contribution in [1.82, 2.24) is 0 Å². The molecule has 3 aliphatic carbocycles. The van der Waals surface area contributed by atoms with Crippen LogP contribution < -0.4 is 9.56 Å². The van der Waals surface area contributed by atoms with Gasteiger partial charge >= 0.3 is 5.97 Å². The number of benzene rings is 2. The van der Waals surface area contributed by atoms with Gasteiger partial charge < -0.3 is 9.16 Å². The van der Waals surface area contributed by atoms with Gasteiger partial charge in [0.2, 0.25) is 18.3 Å². The number of carbonyl (C=O) groups excluding carboxylic acids is 1. The highest BCUT2D eigenvalue weighted by Crippen LogP contribution is 2.64. The van der Waals surface area contributed by atoms with E-state index in [1.807, 2.05) is 6.92 Å². The molecule has 2 N–H and O–H groups in total. The molecule has 0 aromatic heterocycles. The van der Waals surface area contributed by atoms with E-state index in [4.69, 9.17) is 14.3 Å². The van der Waals surface area contributed by atoms with Crippen molar-refractivity contribution in [2.75, 3.05) is 0 Å². The highest BCUT2D eigenvalue weighted by molar-refractivity contribution is 7.89. The summed E-state index contributed by atoms with van der Waals surface area (Å²) in [7, 11) is -5.97. The number of fused-ring (bicyclic) bond motifs is 5. The Hall–Kier alpha value is -2.49. The van der Waals surface area contributed by atoms with Crippen molar-refractivity contribution in [3.05, 3.63) is 71.8 Å². The Labute approximate surface area is 251 Å². The Balaban J connectivity index is 1.40. The fourth-order valence-corrected chi connectivity index (χ4v) is 9.14. The number of sulfonamides is 1. The predicted molar refractivity (Wildman–Crippen MR) is 165 cm³/mol. The average molecular weight is 614 g/mol. The molecule has 5 rings (SSSR count). The SMILES string of the molecule is C=C[C@]12CC[C@@]3(C)C(C[C@@H](OC(=O)c4cccc(S(N)(=O)=O)c4)[C@@H]3F)C1CCc1cc(O[Si](C)(C)C(C)(C)C)ccc12. The summed E-state index contributed by atoms with van der Waals surface area (Å²) >= 11 is 0. The molecule has 2 aromatic carbocycles. The number of halogens is 1. The number of rotatable bonds is 6. The zero-order chi connectivity index (χ0) is 30.9. The highest BCUT2D eigenvalue weighted by Gasteiger charge is 2.63. The molecule has 2 fully saturated rings. The molecule has 0 bridgehead atoms. The van der Waals surface area contributed by atoms with E-state index >= 15 is 4.39 Å². The van der Waals surface area contributed by atoms with E-state index < -0.39 is 42.0 Å². The van der Waals surface area contributed by atoms with E-state index in [1.165, 1.54) is 35.4 Å². The van der Waals surface area contributed by atoms with Crippen LogP contribution in [0.3, 0.4) is 0 Å². The third-order valence-electron chi connectivity index (χ3n) is 11.0. The number of allylic oxidation sites excluding steroid dienone is 1. The number of nitrogens with two attached hydrogens (primary N) is 1. The maximum absolute atomic E-state index is 16.2. The molecule has 228 valence electrons. The van der Waals surface area contributed by atoms with Crippen molar-refractivity contribution in [2.45, 2.75) is 101 Å². The van der Waals surface area contributed by atoms with E-state index in [1.54, 1.807) is 0 Å². The van der Waals surface area contributed by atoms with Crippen molar-refractivity contribution in [3.63, 3.8) is 0 Å². The van der Waals surface area contributed by atoms with Gasteiger partial charge in [-0.1, -0.05) is 45.9 Å². The van der Waals surface area contributed by atoms with Crippen LogP contribution >= 0.6 is 0 Å². The predicted octanol–water partition coefficient (Wildman–Crippen LogP) is 7.09. The summed E-state index contributed by atoms with van der Waals surface area (Å²) in [5.74, 6) is 0.348. The number of carbonyl (C=O) groups is 1. The Morgan fingerprint density at radius 1 is 1.14 bits per heavy atom. The van der Waals surface area contributed by atoms with Gasteiger partial charge in [0.1, 0.15) is 18.0 Å². The van der Waals surface area contributed by atoms with Crippen molar-refractivity contribution >= 4 is 24.3 Å². The lowest BCUT2D eigenvalue weighted by Crippen LogP contribution is -2.51. The number of ether oxygens (including phenoxy) is 1. The molecule has 6 nitrogen and oxygen atoms in total. The summed E-state index contributed by atoms with van der Waals surface area (Å²) in [5.41, 5.74) is 1.66. The zero-order valence-corrected chi connectivity index (χ0v) is 27.4. The first-order valence-electron chi connectivity index (χ1n) is 14.9. The first-order valence-corrected chi connectivity index (χ1v) is 19.3. The first kappa shape index (κ1) is 30.9. The summed E-state index contributed by atoms with van der Waals surface area (Å²) in [5, 5.41) is 5.33. The van der Waals surface area contributed by atoms with E-state index in [2.05, 4.69) is 64.7 Å². The van der Waals surface area contributed by atoms with Crippen LogP contribution in [0.15, 0.2) is 60.0 Å². The Morgan fingerprint density at radius 3 is 2.50 bits per heavy atom. The van der Waals surface area contributed by atoms with Crippen LogP contribution in [0.2, 0.25) is 18.1 Å². The van der Waals surface area contributed by atoms with Crippen LogP contribution in [0.5, 0.6) is 5.75 Å². The van der Waals surface area contributed by atoms with Crippen LogP contribution in [0.4, 0.5) is 4.39 Å². The summed E-state index contributed by atoms with van der Waals surface area (Å²) in [6.45, 7) is 17.5. The number of hydrogen-bond donors (Lipinski definition) is 1. The smallest absolute Gasteiger partial charge is 0.338 e. The number of aryl methyl sites for hydroxylation is 1. The van der Waals surface area contributed by atoms with Crippen LogP contribution in [-0.4, -0.2) is 35.0 Å². The molecule has 2 saturated carbocycles. The van der Waals surface area contributed by atoms with Gasteiger partial charge in [-0.15, -0.1) is 6.58 Å². The van der Waals surface area contributed by atoms with E-state index in [0.717, 1.165) is 25.0 Å². The highest BCUT2D eigenvalue weighted by atomic mass is 32.2. The molecule has 42 heavy (non-hydrogen) atoms. The van der Waals surface area contributed by atoms with Crippen LogP contribution in [0, 0.1) is 17.3 Å². The molecule has 9 heteroatoms. The fraction of sp³-hybridized carbons (Fsp3) is 0.545. The standard InChI is InChI=1S/C33H44FNO5SSi/c1-8-33-17-16-32(5)27(20-28(29(32)34)39-30(36)22-10-9-11-24(19-22)41(35,37)38)26(33)14-12-21-18-23(13-15-25(21)33)40-42(6,7)31(2,3)4/h8-11,13,15,18-19,26-29H,1,12,14,16-17,20H2,2-7H3,(H2,35,37,38)/t26?,27?,28-,29+,32+,33-/m1/s1. The van der Waals surface area contributed by atoms with Gasteiger partial charge in [0.25, 0.3) is 0 Å². The van der Waals surface area contributed by atoms with E-state index in [-0.39, 0.29) is 32.7 Å². The maximum atomic E-state index is 16.2. The summed E-state index contributed by atoms with van der Waals surface area (Å²) in [6, 6.07) is 11.9. The normalized spacial score (nSPS) is 31.0. The molecule has 0 saturated heterocycles. The third-order valence-corrected chi connectivity index (χ3v) is 16.3. The summed E-state index contributed by atoms with van der Waals surface area (Å²) in [4.78, 5) is 12.9. The largest absolute Gasteiger partial charge is 0.543 e. The van der Waals surface area contributed by atoms with Gasteiger partial charge in [-0.2, -0.15) is 0 Å². The Kier molecular flexibility index (Phi) is 7.59. The monoisotopic (exact) mass is 613 g/mol. The average Bonchev–Trinajstić information content (AvgIpc) is 3.16. The molecule has 2 unspecified atom stereocenters. The third kappa shape index (κ3) is 5.05. The molecule has 0 heterocycles. The van der Waals surface area contributed by atoms with E-state index in [0.29, 0.717) is 12.8 Å². The van der Waals surface area contributed by atoms with Gasteiger partial charge in [-0.3, -0.25) is 0 Å². The molecule has 3 aliphatic rings. The zero-order valence-electron chi connectivity index (χ0n) is 25.6. The molecular weight excluding hydrogens is 570 g/mol. The van der Waals surface area contributed by atoms with Crippen LogP contribution in [-0.2, 0) is 26.6 Å². The lowest BCUT2D eigenvalue weighted by molar-refractivity contribution is -0.0272. The van der Waals surface area contributed by atoms with Gasteiger partial charge in [-0.25, -0.2) is 22.7 Å². The fourth-order valence-electron chi connectivity index (χ4n) is 7.56. The van der Waals surface area contributed by atoms with E-state index in [9.17, 15) is 13.2 Å². The molecule has 0 radical (unpaired) electrons. The second-order valence-electron chi connectivity index (χ2n) is 14.3. The second-order valence-corrected chi connectivity index (χ2v) is 20.6. The van der Waals surface area contributed by atoms with Crippen molar-refractivity contribution in [3.8, 4) is 5.75 Å². The number of primary sulfonamides is 1. The Bertz CT molecular complexity index is 1520. The molecule has 2 aromatic rings. The van der Waals surface area contributed by atoms with Crippen LogP contribution in [0.1, 0.15) is 74.9 Å². The minimum atomic E-state index is -3.99. The molecule has 0 amide bonds. The molecular formula is C33H44FNO5SSi. The molecule has 0 aliphatic heterocycles. The van der Waals surface area contributed by atoms with Gasteiger partial charge in [0.15, 0.2) is 0 Å². The number of esters is 1. The quantitative estimate of drug-likeness (QED) is 0.213. The van der Waals surface area contributed by atoms with Crippen molar-refractivity contribution in [2.24, 2.45) is 22.4 Å². The first-order chi connectivity index (χ1) is 19.4. The topological polar surface area (TPSA) is 95.7 Å². The summed E-state index contributed by atoms with van der Waals surface area (Å²) < 4.78 is 52.1. The molecule has 0 spiro atoms. The molecule has 6 atom stereocenters. The minimum absolute atomic E-state index is 0.00381. The number of hydrogen-bond acceptors (Lipinski definition) is 5. The number of alkyl halides is 1. The van der Waals surface area contributed by atoms with Crippen molar-refractivity contribution < 1.29 is 26.8 Å². The van der Waals surface area contributed by atoms with Gasteiger partial charge in [0, 0.05) is 10.8 Å². The van der Waals surface area contributed by atoms with Gasteiger partial charge in [-0.05, 0) is 104 Å². The summed E-state index contributed by atoms with van der Waals surface area (Å²) in [6.07, 6.45) is 3.46.